The molecule has 2 N–H and O–H groups in total. The monoisotopic (exact) mass is 235 g/mol. The molecule has 0 aliphatic heterocycles. The minimum absolute atomic E-state index is 0.143. The molecular formula is C13H17NOS. The van der Waals surface area contributed by atoms with Crippen molar-refractivity contribution in [3.05, 3.63) is 22.4 Å². The van der Waals surface area contributed by atoms with Crippen molar-refractivity contribution in [1.82, 2.24) is 0 Å². The van der Waals surface area contributed by atoms with Gasteiger partial charge in [-0.3, -0.25) is 4.79 Å². The first-order valence-corrected chi connectivity index (χ1v) is 6.99. The highest BCUT2D eigenvalue weighted by atomic mass is 32.1. The highest BCUT2D eigenvalue weighted by Crippen LogP contribution is 2.48. The zero-order valence-electron chi connectivity index (χ0n) is 9.26. The van der Waals surface area contributed by atoms with Gasteiger partial charge in [0.05, 0.1) is 0 Å². The molecular weight excluding hydrogens is 218 g/mol. The Labute approximate surface area is 99.8 Å². The molecule has 86 valence electrons. The summed E-state index contributed by atoms with van der Waals surface area (Å²) in [5, 5.41) is 4.10. The van der Waals surface area contributed by atoms with Gasteiger partial charge in [-0.25, -0.2) is 0 Å². The molecule has 2 fully saturated rings. The van der Waals surface area contributed by atoms with Crippen LogP contribution in [0.2, 0.25) is 0 Å². The fourth-order valence-corrected chi connectivity index (χ4v) is 4.19. The smallest absolute Gasteiger partial charge is 0.142 e. The van der Waals surface area contributed by atoms with Crippen LogP contribution in [0.15, 0.2) is 16.8 Å². The van der Waals surface area contributed by atoms with Crippen molar-refractivity contribution in [3.8, 4) is 0 Å². The number of fused-ring (bicyclic) bond motifs is 2. The minimum Gasteiger partial charge on any atom is -0.327 e. The predicted octanol–water partition coefficient (Wildman–Crippen LogP) is 2.23. The fourth-order valence-electron chi connectivity index (χ4n) is 3.53. The molecule has 3 rings (SSSR count). The number of carbonyl (C=O) groups is 1. The molecule has 4 unspecified atom stereocenters. The van der Waals surface area contributed by atoms with Gasteiger partial charge in [0.15, 0.2) is 0 Å². The molecule has 1 aromatic heterocycles. The Morgan fingerprint density at radius 2 is 2.25 bits per heavy atom. The van der Waals surface area contributed by atoms with E-state index >= 15 is 0 Å². The fraction of sp³-hybridized carbons (Fsp3) is 0.615. The summed E-state index contributed by atoms with van der Waals surface area (Å²) >= 11 is 1.66. The van der Waals surface area contributed by atoms with Crippen LogP contribution in [-0.2, 0) is 11.2 Å². The van der Waals surface area contributed by atoms with Gasteiger partial charge < -0.3 is 5.73 Å². The van der Waals surface area contributed by atoms with Crippen molar-refractivity contribution in [2.45, 2.75) is 31.7 Å². The number of thiophene rings is 1. The minimum atomic E-state index is 0.143. The number of hydrogen-bond donors (Lipinski definition) is 1. The van der Waals surface area contributed by atoms with E-state index in [9.17, 15) is 4.79 Å². The van der Waals surface area contributed by atoms with E-state index in [1.54, 1.807) is 11.3 Å². The number of Topliss-reactive ketones (excluding diaryl/α,β-unsaturated/α-hetero) is 1. The maximum Gasteiger partial charge on any atom is 0.142 e. The highest BCUT2D eigenvalue weighted by molar-refractivity contribution is 7.07. The summed E-state index contributed by atoms with van der Waals surface area (Å²) in [6, 6.07) is 2.19. The maximum atomic E-state index is 12.2. The normalized spacial score (nSPS) is 36.8. The maximum absolute atomic E-state index is 12.2. The van der Waals surface area contributed by atoms with Gasteiger partial charge >= 0.3 is 0 Å². The zero-order valence-corrected chi connectivity index (χ0v) is 10.1. The topological polar surface area (TPSA) is 43.1 Å². The Bertz CT molecular complexity index is 385. The van der Waals surface area contributed by atoms with Crippen molar-refractivity contribution in [3.63, 3.8) is 0 Å². The molecule has 2 aliphatic carbocycles. The third-order valence-corrected chi connectivity index (χ3v) is 5.04. The second-order valence-electron chi connectivity index (χ2n) is 5.21. The molecule has 2 saturated carbocycles. The van der Waals surface area contributed by atoms with Gasteiger partial charge in [-0.05, 0) is 53.5 Å². The standard InChI is InChI=1S/C13H17NOS/c14-13-10-2-1-9(6-10)12(13)11(15)5-8-3-4-16-7-8/h3-4,7,9-10,12-13H,1-2,5-6,14H2. The summed E-state index contributed by atoms with van der Waals surface area (Å²) < 4.78 is 0. The summed E-state index contributed by atoms with van der Waals surface area (Å²) in [6.45, 7) is 0. The average Bonchev–Trinajstić information content (AvgIpc) is 2.92. The quantitative estimate of drug-likeness (QED) is 0.873. The van der Waals surface area contributed by atoms with Crippen LogP contribution in [0.1, 0.15) is 24.8 Å². The van der Waals surface area contributed by atoms with Crippen molar-refractivity contribution in [2.75, 3.05) is 0 Å². The summed E-state index contributed by atoms with van der Waals surface area (Å²) in [6.07, 6.45) is 4.25. The van der Waals surface area contributed by atoms with Crippen LogP contribution in [0.5, 0.6) is 0 Å². The van der Waals surface area contributed by atoms with E-state index in [2.05, 4.69) is 5.38 Å². The lowest BCUT2D eigenvalue weighted by Crippen LogP contribution is -2.40. The molecule has 16 heavy (non-hydrogen) atoms. The van der Waals surface area contributed by atoms with Gasteiger partial charge in [0, 0.05) is 18.4 Å². The molecule has 0 amide bonds. The molecule has 1 heterocycles. The molecule has 4 atom stereocenters. The van der Waals surface area contributed by atoms with Crippen molar-refractivity contribution >= 4 is 17.1 Å². The predicted molar refractivity (Wildman–Crippen MR) is 65.3 cm³/mol. The first-order valence-electron chi connectivity index (χ1n) is 6.05. The SMILES string of the molecule is NC1C2CCC(C2)C1C(=O)Cc1ccsc1. The van der Waals surface area contributed by atoms with Crippen molar-refractivity contribution in [2.24, 2.45) is 23.5 Å². The Hall–Kier alpha value is -0.670. The van der Waals surface area contributed by atoms with E-state index in [0.717, 1.165) is 5.56 Å². The van der Waals surface area contributed by atoms with E-state index in [0.29, 0.717) is 24.0 Å². The number of nitrogens with two attached hydrogens (primary N) is 1. The van der Waals surface area contributed by atoms with E-state index in [1.165, 1.54) is 19.3 Å². The molecule has 1 aromatic rings. The van der Waals surface area contributed by atoms with Crippen LogP contribution in [0.25, 0.3) is 0 Å². The van der Waals surface area contributed by atoms with Crippen LogP contribution in [0, 0.1) is 17.8 Å². The number of rotatable bonds is 3. The van der Waals surface area contributed by atoms with E-state index in [4.69, 9.17) is 5.73 Å². The van der Waals surface area contributed by atoms with Gasteiger partial charge in [0.25, 0.3) is 0 Å². The summed E-state index contributed by atoms with van der Waals surface area (Å²) in [5.74, 6) is 1.74. The third-order valence-electron chi connectivity index (χ3n) is 4.31. The first-order chi connectivity index (χ1) is 7.75. The van der Waals surface area contributed by atoms with E-state index < -0.39 is 0 Å². The largest absolute Gasteiger partial charge is 0.327 e. The number of carbonyl (C=O) groups excluding carboxylic acids is 1. The Kier molecular flexibility index (Phi) is 2.60. The van der Waals surface area contributed by atoms with E-state index in [1.807, 2.05) is 11.4 Å². The van der Waals surface area contributed by atoms with Gasteiger partial charge in [0.1, 0.15) is 5.78 Å². The van der Waals surface area contributed by atoms with Crippen LogP contribution < -0.4 is 5.73 Å². The Morgan fingerprint density at radius 1 is 1.44 bits per heavy atom. The lowest BCUT2D eigenvalue weighted by atomic mass is 9.80. The third kappa shape index (κ3) is 1.62. The Balaban J connectivity index is 1.71. The number of hydrogen-bond acceptors (Lipinski definition) is 3. The lowest BCUT2D eigenvalue weighted by molar-refractivity contribution is -0.124. The van der Waals surface area contributed by atoms with Crippen LogP contribution in [-0.4, -0.2) is 11.8 Å². The van der Waals surface area contributed by atoms with Crippen LogP contribution >= 0.6 is 11.3 Å². The second kappa shape index (κ2) is 3.97. The van der Waals surface area contributed by atoms with Gasteiger partial charge in [-0.1, -0.05) is 0 Å². The molecule has 2 nitrogen and oxygen atoms in total. The first kappa shape index (κ1) is 10.5. The lowest BCUT2D eigenvalue weighted by Gasteiger charge is -2.26. The molecule has 0 saturated heterocycles. The van der Waals surface area contributed by atoms with Gasteiger partial charge in [-0.15, -0.1) is 0 Å². The second-order valence-corrected chi connectivity index (χ2v) is 5.99. The molecule has 0 aromatic carbocycles. The highest BCUT2D eigenvalue weighted by Gasteiger charge is 2.48. The molecule has 3 heteroatoms. The molecule has 2 bridgehead atoms. The van der Waals surface area contributed by atoms with Crippen molar-refractivity contribution < 1.29 is 4.79 Å². The molecule has 0 spiro atoms. The van der Waals surface area contributed by atoms with Crippen molar-refractivity contribution in [1.29, 1.82) is 0 Å². The average molecular weight is 235 g/mol. The number of ketones is 1. The van der Waals surface area contributed by atoms with Gasteiger partial charge in [0.2, 0.25) is 0 Å². The Morgan fingerprint density at radius 3 is 2.88 bits per heavy atom. The van der Waals surface area contributed by atoms with Crippen LogP contribution in [0.3, 0.4) is 0 Å². The van der Waals surface area contributed by atoms with Crippen LogP contribution in [0.4, 0.5) is 0 Å². The summed E-state index contributed by atoms with van der Waals surface area (Å²) in [7, 11) is 0. The molecule has 0 radical (unpaired) electrons. The summed E-state index contributed by atoms with van der Waals surface area (Å²) in [5.41, 5.74) is 7.33. The van der Waals surface area contributed by atoms with E-state index in [-0.39, 0.29) is 12.0 Å². The zero-order chi connectivity index (χ0) is 11.1. The van der Waals surface area contributed by atoms with Gasteiger partial charge in [-0.2, -0.15) is 11.3 Å². The molecule has 2 aliphatic rings. The summed E-state index contributed by atoms with van der Waals surface area (Å²) in [4.78, 5) is 12.2.